The fourth-order valence-corrected chi connectivity index (χ4v) is 0.524. The first-order chi connectivity index (χ1) is 7.22. The van der Waals surface area contributed by atoms with Gasteiger partial charge in [-0.15, -0.1) is 13.2 Å². The maximum absolute atomic E-state index is 12.3. The van der Waals surface area contributed by atoms with Crippen LogP contribution in [0.2, 0.25) is 0 Å². The van der Waals surface area contributed by atoms with Crippen LogP contribution in [0.1, 0.15) is 13.3 Å². The number of hydrogen-bond donors (Lipinski definition) is 0. The molecule has 0 aromatic heterocycles. The van der Waals surface area contributed by atoms with E-state index in [2.05, 4.69) is 4.74 Å². The normalized spacial score (nSPS) is 15.2. The predicted octanol–water partition coefficient (Wildman–Crippen LogP) is 3.73. The Morgan fingerprint density at radius 2 is 1.06 bits per heavy atom. The summed E-state index contributed by atoms with van der Waals surface area (Å²) in [6, 6.07) is 0. The lowest BCUT2D eigenvalue weighted by Crippen LogP contribution is -2.50. The van der Waals surface area contributed by atoms with Crippen LogP contribution < -0.4 is 0 Å². The summed E-state index contributed by atoms with van der Waals surface area (Å²) < 4.78 is 112. The lowest BCUT2D eigenvalue weighted by atomic mass is 10.4. The smallest absolute Gasteiger partial charge is 0.248 e. The quantitative estimate of drug-likeness (QED) is 0.714. The van der Waals surface area contributed by atoms with Crippen molar-refractivity contribution in [2.45, 2.75) is 38.0 Å². The highest BCUT2D eigenvalue weighted by molar-refractivity contribution is 4.69. The molecule has 0 atom stereocenters. The van der Waals surface area contributed by atoms with Gasteiger partial charge in [0.25, 0.3) is 0 Å². The summed E-state index contributed by atoms with van der Waals surface area (Å²) in [7, 11) is 0. The predicted molar refractivity (Wildman–Crippen MR) is 33.4 cm³/mol. The fourth-order valence-electron chi connectivity index (χ4n) is 0.524. The molecule has 0 radical (unpaired) electrons. The van der Waals surface area contributed by atoms with Gasteiger partial charge in [-0.25, -0.2) is 9.47 Å². The number of ether oxygens (including phenoxy) is 2. The molecule has 0 unspecified atom stereocenters. The Morgan fingerprint density at radius 3 is 1.35 bits per heavy atom. The average molecular weight is 280 g/mol. The molecule has 0 saturated carbocycles. The number of rotatable bonds is 5. The Morgan fingerprint density at radius 1 is 0.706 bits per heavy atom. The highest BCUT2D eigenvalue weighted by Crippen LogP contribution is 2.43. The molecule has 104 valence electrons. The Kier molecular flexibility index (Phi) is 4.33. The zero-order valence-electron chi connectivity index (χ0n) is 7.93. The minimum absolute atomic E-state index is 0.596. The van der Waals surface area contributed by atoms with Gasteiger partial charge >= 0.3 is 24.7 Å². The molecule has 17 heavy (non-hydrogen) atoms. The van der Waals surface area contributed by atoms with Gasteiger partial charge in [-0.2, -0.15) is 26.3 Å². The Bertz CT molecular complexity index is 259. The van der Waals surface area contributed by atoms with E-state index in [0.717, 1.165) is 0 Å². The number of halogens is 9. The molecule has 0 spiro atoms. The summed E-state index contributed by atoms with van der Waals surface area (Å²) in [6.07, 6.45) is -24.7. The van der Waals surface area contributed by atoms with Crippen molar-refractivity contribution in [1.29, 1.82) is 0 Å². The monoisotopic (exact) mass is 280 g/mol. The van der Waals surface area contributed by atoms with Gasteiger partial charge in [-0.3, -0.25) is 0 Å². The van der Waals surface area contributed by atoms with Gasteiger partial charge < -0.3 is 0 Å². The number of alkyl halides is 9. The molecule has 0 heterocycles. The maximum atomic E-state index is 12.3. The van der Waals surface area contributed by atoms with Crippen LogP contribution in [0.5, 0.6) is 0 Å². The summed E-state index contributed by atoms with van der Waals surface area (Å²) in [5, 5.41) is 0. The average Bonchev–Trinajstić information content (AvgIpc) is 1.97. The molecule has 0 aliphatic heterocycles. The summed E-state index contributed by atoms with van der Waals surface area (Å²) in [5.41, 5.74) is 0. The molecule has 0 aromatic carbocycles. The molecule has 0 aromatic rings. The SMILES string of the molecule is CCC(F)(F)OC(F)(F)C(F)(F)OC(F)(F)F. The minimum atomic E-state index is -6.27. The van der Waals surface area contributed by atoms with E-state index in [1.807, 2.05) is 0 Å². The summed E-state index contributed by atoms with van der Waals surface area (Å²) >= 11 is 0. The molecule has 0 fully saturated rings. The van der Waals surface area contributed by atoms with Crippen LogP contribution in [0.3, 0.4) is 0 Å². The van der Waals surface area contributed by atoms with Crippen molar-refractivity contribution in [2.75, 3.05) is 0 Å². The molecule has 0 rings (SSSR count). The molecule has 11 heteroatoms. The van der Waals surface area contributed by atoms with E-state index < -0.39 is 31.1 Å². The lowest BCUT2D eigenvalue weighted by molar-refractivity contribution is -0.529. The third kappa shape index (κ3) is 4.98. The highest BCUT2D eigenvalue weighted by atomic mass is 19.4. The molecular formula is C6H5F9O2. The first kappa shape index (κ1) is 16.3. The van der Waals surface area contributed by atoms with E-state index in [4.69, 9.17) is 0 Å². The Hall–Kier alpha value is -0.710. The highest BCUT2D eigenvalue weighted by Gasteiger charge is 2.67. The van der Waals surface area contributed by atoms with Crippen LogP contribution in [-0.2, 0) is 9.47 Å². The van der Waals surface area contributed by atoms with Crippen molar-refractivity contribution in [3.63, 3.8) is 0 Å². The molecule has 2 nitrogen and oxygen atoms in total. The molecule has 0 aliphatic carbocycles. The Labute approximate surface area is 88.3 Å². The minimum Gasteiger partial charge on any atom is -0.248 e. The van der Waals surface area contributed by atoms with Gasteiger partial charge in [0.05, 0.1) is 0 Å². The van der Waals surface area contributed by atoms with Crippen molar-refractivity contribution < 1.29 is 49.0 Å². The Balaban J connectivity index is 4.91. The zero-order chi connectivity index (χ0) is 14.1. The van der Waals surface area contributed by atoms with Gasteiger partial charge in [-0.1, -0.05) is 6.92 Å². The second kappa shape index (κ2) is 4.52. The second-order valence-corrected chi connectivity index (χ2v) is 2.67. The third-order valence-electron chi connectivity index (χ3n) is 1.27. The van der Waals surface area contributed by atoms with Crippen molar-refractivity contribution in [2.24, 2.45) is 0 Å². The molecule has 0 aliphatic rings. The molecule has 0 bridgehead atoms. The van der Waals surface area contributed by atoms with Crippen LogP contribution in [0, 0.1) is 0 Å². The van der Waals surface area contributed by atoms with E-state index >= 15 is 0 Å². The second-order valence-electron chi connectivity index (χ2n) is 2.67. The first-order valence-electron chi connectivity index (χ1n) is 3.83. The van der Waals surface area contributed by atoms with Crippen molar-refractivity contribution >= 4 is 0 Å². The molecule has 0 saturated heterocycles. The van der Waals surface area contributed by atoms with Gasteiger partial charge in [0.2, 0.25) is 0 Å². The van der Waals surface area contributed by atoms with E-state index in [0.29, 0.717) is 6.92 Å². The van der Waals surface area contributed by atoms with Gasteiger partial charge in [0, 0.05) is 6.42 Å². The van der Waals surface area contributed by atoms with Crippen LogP contribution >= 0.6 is 0 Å². The fraction of sp³-hybridized carbons (Fsp3) is 1.00. The van der Waals surface area contributed by atoms with Gasteiger partial charge in [0.15, 0.2) is 0 Å². The lowest BCUT2D eigenvalue weighted by Gasteiger charge is -2.28. The third-order valence-corrected chi connectivity index (χ3v) is 1.27. The van der Waals surface area contributed by atoms with Gasteiger partial charge in [-0.05, 0) is 0 Å². The molecule has 0 amide bonds. The van der Waals surface area contributed by atoms with Crippen molar-refractivity contribution in [3.8, 4) is 0 Å². The molecule has 0 N–H and O–H groups in total. The van der Waals surface area contributed by atoms with Crippen LogP contribution in [-0.4, -0.2) is 24.7 Å². The van der Waals surface area contributed by atoms with Crippen LogP contribution in [0.15, 0.2) is 0 Å². The van der Waals surface area contributed by atoms with E-state index in [9.17, 15) is 39.5 Å². The van der Waals surface area contributed by atoms with Crippen molar-refractivity contribution in [3.05, 3.63) is 0 Å². The summed E-state index contributed by atoms with van der Waals surface area (Å²) in [6.45, 7) is 0.596. The number of hydrogen-bond acceptors (Lipinski definition) is 2. The van der Waals surface area contributed by atoms with E-state index in [-0.39, 0.29) is 0 Å². The van der Waals surface area contributed by atoms with Crippen molar-refractivity contribution in [1.82, 2.24) is 0 Å². The van der Waals surface area contributed by atoms with E-state index in [1.54, 1.807) is 4.74 Å². The zero-order valence-corrected chi connectivity index (χ0v) is 7.93. The topological polar surface area (TPSA) is 18.5 Å². The molecular weight excluding hydrogens is 275 g/mol. The van der Waals surface area contributed by atoms with E-state index in [1.165, 1.54) is 0 Å². The first-order valence-corrected chi connectivity index (χ1v) is 3.83. The van der Waals surface area contributed by atoms with Gasteiger partial charge in [0.1, 0.15) is 0 Å². The maximum Gasteiger partial charge on any atom is 0.527 e. The largest absolute Gasteiger partial charge is 0.527 e. The van der Waals surface area contributed by atoms with Crippen LogP contribution in [0.25, 0.3) is 0 Å². The standard InChI is InChI=1S/C6H5F9O2/c1-2-3(7,8)16-4(9,10)5(11,12)17-6(13,14)15/h2H2,1H3. The van der Waals surface area contributed by atoms with Crippen LogP contribution in [0.4, 0.5) is 39.5 Å². The summed E-state index contributed by atoms with van der Waals surface area (Å²) in [5.74, 6) is 0. The summed E-state index contributed by atoms with van der Waals surface area (Å²) in [4.78, 5) is 0.